The Kier molecular flexibility index (Phi) is 3.99. The summed E-state index contributed by atoms with van der Waals surface area (Å²) in [5.74, 6) is 0.279. The van der Waals surface area contributed by atoms with E-state index in [0.717, 1.165) is 37.5 Å². The van der Waals surface area contributed by atoms with Crippen LogP contribution in [-0.2, 0) is 4.79 Å². The first kappa shape index (κ1) is 12.6. The zero-order valence-electron chi connectivity index (χ0n) is 9.98. The van der Waals surface area contributed by atoms with Gasteiger partial charge in [-0.1, -0.05) is 0 Å². The molecule has 1 fully saturated rings. The Morgan fingerprint density at radius 2 is 2.22 bits per heavy atom. The highest BCUT2D eigenvalue weighted by Crippen LogP contribution is 2.25. The fourth-order valence-electron chi connectivity index (χ4n) is 1.94. The molecule has 0 aromatic carbocycles. The van der Waals surface area contributed by atoms with Crippen LogP contribution in [0.1, 0.15) is 24.8 Å². The van der Waals surface area contributed by atoms with Gasteiger partial charge in [0, 0.05) is 13.1 Å². The number of carbonyl (C=O) groups excluding carboxylic acids is 1. The molecule has 2 rings (SSSR count). The number of piperidine rings is 1. The summed E-state index contributed by atoms with van der Waals surface area (Å²) in [6, 6.07) is 1.98. The number of aromatic nitrogens is 1. The van der Waals surface area contributed by atoms with Crippen LogP contribution in [0.5, 0.6) is 0 Å². The molecule has 0 saturated carbocycles. The number of nitrogens with zero attached hydrogens (tertiary/aromatic N) is 3. The van der Waals surface area contributed by atoms with Crippen molar-refractivity contribution in [2.24, 2.45) is 0 Å². The van der Waals surface area contributed by atoms with Crippen molar-refractivity contribution in [3.63, 3.8) is 0 Å². The minimum absolute atomic E-state index is 0.0607. The summed E-state index contributed by atoms with van der Waals surface area (Å²) in [7, 11) is 0. The quantitative estimate of drug-likeness (QED) is 0.850. The van der Waals surface area contributed by atoms with Crippen molar-refractivity contribution < 1.29 is 4.79 Å². The first-order valence-corrected chi connectivity index (χ1v) is 6.66. The van der Waals surface area contributed by atoms with Crippen LogP contribution < -0.4 is 11.1 Å². The third-order valence-corrected chi connectivity index (χ3v) is 3.76. The second-order valence-corrected chi connectivity index (χ2v) is 4.95. The Balaban J connectivity index is 1.91. The third kappa shape index (κ3) is 2.71. The lowest BCUT2D eigenvalue weighted by Crippen LogP contribution is -2.39. The molecule has 0 aliphatic carbocycles. The Hall–Kier alpha value is -1.81. The van der Waals surface area contributed by atoms with Gasteiger partial charge in [0.15, 0.2) is 5.82 Å². The van der Waals surface area contributed by atoms with Crippen LogP contribution in [-0.4, -0.2) is 34.8 Å². The monoisotopic (exact) mass is 265 g/mol. The van der Waals surface area contributed by atoms with Crippen molar-refractivity contribution in [3.8, 4) is 6.07 Å². The van der Waals surface area contributed by atoms with Gasteiger partial charge in [-0.25, -0.2) is 0 Å². The maximum Gasteiger partial charge on any atom is 0.241 e. The third-order valence-electron chi connectivity index (χ3n) is 2.94. The van der Waals surface area contributed by atoms with E-state index < -0.39 is 0 Å². The molecule has 18 heavy (non-hydrogen) atoms. The molecule has 3 N–H and O–H groups in total. The van der Waals surface area contributed by atoms with Gasteiger partial charge < -0.3 is 16.0 Å². The van der Waals surface area contributed by atoms with Gasteiger partial charge in [0.2, 0.25) is 5.91 Å². The second kappa shape index (κ2) is 5.69. The molecule has 1 saturated heterocycles. The highest BCUT2D eigenvalue weighted by molar-refractivity contribution is 7.10. The number of carbonyl (C=O) groups is 1. The van der Waals surface area contributed by atoms with E-state index in [4.69, 9.17) is 11.0 Å². The number of hydrogen-bond donors (Lipinski definition) is 2. The van der Waals surface area contributed by atoms with Crippen LogP contribution in [0.4, 0.5) is 10.8 Å². The number of nitriles is 1. The molecule has 6 nitrogen and oxygen atoms in total. The summed E-state index contributed by atoms with van der Waals surface area (Å²) in [6.07, 6.45) is 3.34. The number of amides is 1. The molecule has 0 spiro atoms. The summed E-state index contributed by atoms with van der Waals surface area (Å²) >= 11 is 1.11. The lowest BCUT2D eigenvalue weighted by Gasteiger charge is -2.26. The maximum atomic E-state index is 11.9. The topological polar surface area (TPSA) is 95.0 Å². The van der Waals surface area contributed by atoms with Gasteiger partial charge >= 0.3 is 0 Å². The Morgan fingerprint density at radius 1 is 1.50 bits per heavy atom. The zero-order chi connectivity index (χ0) is 13.0. The predicted octanol–water partition coefficient (Wildman–Crippen LogP) is 1.02. The molecule has 1 aromatic rings. The Bertz CT molecular complexity index is 472. The van der Waals surface area contributed by atoms with E-state index in [1.54, 1.807) is 0 Å². The highest BCUT2D eigenvalue weighted by Gasteiger charge is 2.17. The first-order valence-electron chi connectivity index (χ1n) is 5.89. The molecular weight excluding hydrogens is 250 g/mol. The summed E-state index contributed by atoms with van der Waals surface area (Å²) in [6.45, 7) is 1.85. The van der Waals surface area contributed by atoms with E-state index in [1.165, 1.54) is 6.42 Å². The number of rotatable bonds is 3. The lowest BCUT2D eigenvalue weighted by atomic mass is 10.1. The molecule has 1 amide bonds. The Labute approximate surface area is 110 Å². The minimum Gasteiger partial charge on any atom is -0.382 e. The van der Waals surface area contributed by atoms with Gasteiger partial charge in [-0.05, 0) is 30.8 Å². The molecule has 2 heterocycles. The maximum absolute atomic E-state index is 11.9. The standard InChI is InChI=1S/C11H15N5OS/c12-6-8-10(13)15-18-11(8)14-7-9(17)16-4-2-1-3-5-16/h14H,1-5,7H2,(H2,13,15). The molecule has 0 bridgehead atoms. The number of nitrogens with one attached hydrogen (secondary N) is 1. The summed E-state index contributed by atoms with van der Waals surface area (Å²) in [4.78, 5) is 13.8. The molecule has 0 atom stereocenters. The number of likely N-dealkylation sites (tertiary alicyclic amines) is 1. The van der Waals surface area contributed by atoms with Crippen LogP contribution in [0.2, 0.25) is 0 Å². The van der Waals surface area contributed by atoms with Crippen molar-refractivity contribution in [2.45, 2.75) is 19.3 Å². The fraction of sp³-hybridized carbons (Fsp3) is 0.545. The van der Waals surface area contributed by atoms with E-state index in [9.17, 15) is 4.79 Å². The summed E-state index contributed by atoms with van der Waals surface area (Å²) < 4.78 is 3.89. The smallest absolute Gasteiger partial charge is 0.241 e. The molecule has 1 aliphatic rings. The van der Waals surface area contributed by atoms with E-state index >= 15 is 0 Å². The Morgan fingerprint density at radius 3 is 2.89 bits per heavy atom. The highest BCUT2D eigenvalue weighted by atomic mass is 32.1. The summed E-state index contributed by atoms with van der Waals surface area (Å²) in [5.41, 5.74) is 5.87. The molecule has 7 heteroatoms. The molecule has 1 aliphatic heterocycles. The van der Waals surface area contributed by atoms with E-state index in [0.29, 0.717) is 10.6 Å². The van der Waals surface area contributed by atoms with Crippen molar-refractivity contribution in [1.29, 1.82) is 5.26 Å². The van der Waals surface area contributed by atoms with Gasteiger partial charge in [0.25, 0.3) is 0 Å². The van der Waals surface area contributed by atoms with Crippen molar-refractivity contribution in [3.05, 3.63) is 5.56 Å². The predicted molar refractivity (Wildman–Crippen MR) is 70.2 cm³/mol. The number of anilines is 2. The van der Waals surface area contributed by atoms with Crippen molar-refractivity contribution in [1.82, 2.24) is 9.27 Å². The SMILES string of the molecule is N#Cc1c(N)nsc1NCC(=O)N1CCCCC1. The second-order valence-electron chi connectivity index (χ2n) is 4.18. The number of nitrogens with two attached hydrogens (primary N) is 1. The minimum atomic E-state index is 0.0607. The average Bonchev–Trinajstić information content (AvgIpc) is 2.77. The average molecular weight is 265 g/mol. The van der Waals surface area contributed by atoms with Crippen LogP contribution in [0.15, 0.2) is 0 Å². The van der Waals surface area contributed by atoms with Gasteiger partial charge in [-0.15, -0.1) is 0 Å². The molecule has 1 aromatic heterocycles. The van der Waals surface area contributed by atoms with E-state index in [1.807, 2.05) is 11.0 Å². The molecule has 0 radical (unpaired) electrons. The largest absolute Gasteiger partial charge is 0.382 e. The molecule has 96 valence electrons. The van der Waals surface area contributed by atoms with Gasteiger partial charge in [-0.3, -0.25) is 4.79 Å². The summed E-state index contributed by atoms with van der Waals surface area (Å²) in [5, 5.41) is 12.4. The van der Waals surface area contributed by atoms with Crippen molar-refractivity contribution >= 4 is 28.3 Å². The van der Waals surface area contributed by atoms with E-state index in [-0.39, 0.29) is 18.3 Å². The van der Waals surface area contributed by atoms with Crippen LogP contribution in [0.3, 0.4) is 0 Å². The van der Waals surface area contributed by atoms with E-state index in [2.05, 4.69) is 9.69 Å². The number of hydrogen-bond acceptors (Lipinski definition) is 6. The van der Waals surface area contributed by atoms with Gasteiger partial charge in [0.05, 0.1) is 6.54 Å². The zero-order valence-corrected chi connectivity index (χ0v) is 10.8. The van der Waals surface area contributed by atoms with Crippen LogP contribution in [0.25, 0.3) is 0 Å². The normalized spacial score (nSPS) is 15.2. The lowest BCUT2D eigenvalue weighted by molar-refractivity contribution is -0.130. The van der Waals surface area contributed by atoms with Crippen LogP contribution >= 0.6 is 11.5 Å². The molecular formula is C11H15N5OS. The first-order chi connectivity index (χ1) is 8.72. The fourth-order valence-corrected chi connectivity index (χ4v) is 2.60. The van der Waals surface area contributed by atoms with Gasteiger partial charge in [0.1, 0.15) is 16.6 Å². The number of nitrogen functional groups attached to an aromatic ring is 1. The molecule has 0 unspecified atom stereocenters. The van der Waals surface area contributed by atoms with Crippen LogP contribution in [0, 0.1) is 11.3 Å². The van der Waals surface area contributed by atoms with Crippen molar-refractivity contribution in [2.75, 3.05) is 30.7 Å². The van der Waals surface area contributed by atoms with Gasteiger partial charge in [-0.2, -0.15) is 9.64 Å².